The molecular formula is C10H18N4O2S. The molecule has 1 aromatic heterocycles. The van der Waals surface area contributed by atoms with Gasteiger partial charge in [0.1, 0.15) is 22.0 Å². The van der Waals surface area contributed by atoms with Gasteiger partial charge < -0.3 is 9.88 Å². The van der Waals surface area contributed by atoms with Gasteiger partial charge in [-0.25, -0.2) is 8.42 Å². The molecule has 1 aromatic rings. The molecule has 0 saturated carbocycles. The van der Waals surface area contributed by atoms with Gasteiger partial charge in [0, 0.05) is 26.1 Å². The zero-order chi connectivity index (χ0) is 12.3. The fourth-order valence-corrected chi connectivity index (χ4v) is 3.51. The molecule has 96 valence electrons. The van der Waals surface area contributed by atoms with Gasteiger partial charge in [-0.2, -0.15) is 0 Å². The molecule has 1 fully saturated rings. The molecule has 2 heterocycles. The third kappa shape index (κ3) is 3.50. The lowest BCUT2D eigenvalue weighted by Gasteiger charge is -2.22. The fourth-order valence-electron chi connectivity index (χ4n) is 2.02. The molecule has 1 aliphatic heterocycles. The van der Waals surface area contributed by atoms with Crippen LogP contribution in [0, 0.1) is 0 Å². The number of aryl methyl sites for hydroxylation is 1. The van der Waals surface area contributed by atoms with Crippen molar-refractivity contribution in [3.05, 3.63) is 12.2 Å². The van der Waals surface area contributed by atoms with Gasteiger partial charge in [0.25, 0.3) is 0 Å². The number of hydrogen-bond donors (Lipinski definition) is 1. The molecule has 0 atom stereocenters. The zero-order valence-corrected chi connectivity index (χ0v) is 10.8. The first-order valence-corrected chi connectivity index (χ1v) is 7.66. The highest BCUT2D eigenvalue weighted by molar-refractivity contribution is 7.91. The van der Waals surface area contributed by atoms with E-state index in [1.807, 2.05) is 11.6 Å². The lowest BCUT2D eigenvalue weighted by Crippen LogP contribution is -2.38. The monoisotopic (exact) mass is 258 g/mol. The second-order valence-corrected chi connectivity index (χ2v) is 6.79. The molecule has 7 heteroatoms. The number of nitrogens with zero attached hydrogens (tertiary/aromatic N) is 3. The van der Waals surface area contributed by atoms with Crippen LogP contribution in [0.3, 0.4) is 0 Å². The van der Waals surface area contributed by atoms with Crippen LogP contribution < -0.4 is 5.32 Å². The van der Waals surface area contributed by atoms with Crippen LogP contribution in [0.25, 0.3) is 0 Å². The molecule has 1 N–H and O–H groups in total. The van der Waals surface area contributed by atoms with Crippen LogP contribution in [0.15, 0.2) is 6.33 Å². The predicted octanol–water partition coefficient (Wildman–Crippen LogP) is -0.476. The number of sulfone groups is 1. The van der Waals surface area contributed by atoms with Crippen molar-refractivity contribution >= 4 is 9.84 Å². The van der Waals surface area contributed by atoms with Crippen molar-refractivity contribution < 1.29 is 8.42 Å². The fraction of sp³-hybridized carbons (Fsp3) is 0.800. The number of nitrogens with one attached hydrogen (secondary N) is 1. The number of rotatable bonds is 4. The van der Waals surface area contributed by atoms with E-state index < -0.39 is 9.84 Å². The van der Waals surface area contributed by atoms with Gasteiger partial charge in [0.15, 0.2) is 0 Å². The smallest absolute Gasteiger partial charge is 0.150 e. The Morgan fingerprint density at radius 2 is 2.18 bits per heavy atom. The standard InChI is InChI=1S/C10H18N4O2S/c1-14-8-12-13-10(14)2-5-11-9-3-6-17(15,16)7-4-9/h8-9,11H,2-7H2,1H3. The molecule has 2 rings (SSSR count). The summed E-state index contributed by atoms with van der Waals surface area (Å²) in [6.45, 7) is 0.817. The van der Waals surface area contributed by atoms with Crippen LogP contribution in [0.4, 0.5) is 0 Å². The summed E-state index contributed by atoms with van der Waals surface area (Å²) in [5.74, 6) is 1.57. The van der Waals surface area contributed by atoms with Crippen molar-refractivity contribution in [2.45, 2.75) is 25.3 Å². The lowest BCUT2D eigenvalue weighted by molar-refractivity contribution is 0.463. The average Bonchev–Trinajstić information content (AvgIpc) is 2.67. The summed E-state index contributed by atoms with van der Waals surface area (Å²) in [5.41, 5.74) is 0. The molecule has 0 aromatic carbocycles. The molecular weight excluding hydrogens is 240 g/mol. The van der Waals surface area contributed by atoms with Crippen LogP contribution in [-0.2, 0) is 23.3 Å². The largest absolute Gasteiger partial charge is 0.321 e. The van der Waals surface area contributed by atoms with E-state index in [1.165, 1.54) is 0 Å². The molecule has 1 aliphatic rings. The van der Waals surface area contributed by atoms with Crippen molar-refractivity contribution in [3.63, 3.8) is 0 Å². The SMILES string of the molecule is Cn1cnnc1CCNC1CCS(=O)(=O)CC1. The molecule has 6 nitrogen and oxygen atoms in total. The van der Waals surface area contributed by atoms with Crippen molar-refractivity contribution in [1.29, 1.82) is 0 Å². The zero-order valence-electron chi connectivity index (χ0n) is 9.96. The van der Waals surface area contributed by atoms with E-state index in [1.54, 1.807) is 6.33 Å². The minimum Gasteiger partial charge on any atom is -0.321 e. The minimum atomic E-state index is -2.76. The Labute approximate surface area is 101 Å². The van der Waals surface area contributed by atoms with E-state index in [0.717, 1.165) is 31.6 Å². The van der Waals surface area contributed by atoms with Crippen LogP contribution in [0.2, 0.25) is 0 Å². The Balaban J connectivity index is 1.72. The number of aromatic nitrogens is 3. The van der Waals surface area contributed by atoms with Crippen LogP contribution >= 0.6 is 0 Å². The maximum atomic E-state index is 11.3. The van der Waals surface area contributed by atoms with Gasteiger partial charge in [0.2, 0.25) is 0 Å². The maximum absolute atomic E-state index is 11.3. The normalized spacial score (nSPS) is 20.5. The maximum Gasteiger partial charge on any atom is 0.150 e. The highest BCUT2D eigenvalue weighted by Crippen LogP contribution is 2.11. The number of hydrogen-bond acceptors (Lipinski definition) is 5. The van der Waals surface area contributed by atoms with E-state index in [2.05, 4.69) is 15.5 Å². The van der Waals surface area contributed by atoms with Gasteiger partial charge in [-0.05, 0) is 12.8 Å². The predicted molar refractivity (Wildman–Crippen MR) is 64.4 cm³/mol. The van der Waals surface area contributed by atoms with Crippen molar-refractivity contribution in [2.75, 3.05) is 18.1 Å². The second kappa shape index (κ2) is 5.14. The van der Waals surface area contributed by atoms with Crippen LogP contribution in [0.1, 0.15) is 18.7 Å². The Kier molecular flexibility index (Phi) is 3.78. The first-order chi connectivity index (χ1) is 8.07. The first kappa shape index (κ1) is 12.5. The van der Waals surface area contributed by atoms with Gasteiger partial charge in [-0.3, -0.25) is 0 Å². The molecule has 0 amide bonds. The third-order valence-corrected chi connectivity index (χ3v) is 4.86. The second-order valence-electron chi connectivity index (χ2n) is 4.49. The summed E-state index contributed by atoms with van der Waals surface area (Å²) in [7, 11) is -0.838. The molecule has 0 radical (unpaired) electrons. The summed E-state index contributed by atoms with van der Waals surface area (Å²) in [5, 5.41) is 11.2. The van der Waals surface area contributed by atoms with Gasteiger partial charge in [-0.15, -0.1) is 10.2 Å². The summed E-state index contributed by atoms with van der Waals surface area (Å²) in [4.78, 5) is 0. The first-order valence-electron chi connectivity index (χ1n) is 5.83. The van der Waals surface area contributed by atoms with Crippen molar-refractivity contribution in [3.8, 4) is 0 Å². The van der Waals surface area contributed by atoms with Crippen molar-refractivity contribution in [2.24, 2.45) is 7.05 Å². The highest BCUT2D eigenvalue weighted by Gasteiger charge is 2.22. The van der Waals surface area contributed by atoms with E-state index in [4.69, 9.17) is 0 Å². The van der Waals surface area contributed by atoms with Crippen LogP contribution in [0.5, 0.6) is 0 Å². The Hall–Kier alpha value is -0.950. The lowest BCUT2D eigenvalue weighted by atomic mass is 10.1. The topological polar surface area (TPSA) is 76.9 Å². The summed E-state index contributed by atoms with van der Waals surface area (Å²) >= 11 is 0. The minimum absolute atomic E-state index is 0.314. The molecule has 0 unspecified atom stereocenters. The quantitative estimate of drug-likeness (QED) is 0.789. The Morgan fingerprint density at radius 1 is 1.47 bits per heavy atom. The third-order valence-electron chi connectivity index (χ3n) is 3.14. The molecule has 0 bridgehead atoms. The Bertz CT molecular complexity index is 454. The van der Waals surface area contributed by atoms with Gasteiger partial charge >= 0.3 is 0 Å². The highest BCUT2D eigenvalue weighted by atomic mass is 32.2. The van der Waals surface area contributed by atoms with E-state index in [0.29, 0.717) is 17.5 Å². The summed E-state index contributed by atoms with van der Waals surface area (Å²) in [6, 6.07) is 0.326. The van der Waals surface area contributed by atoms with E-state index in [-0.39, 0.29) is 0 Å². The average molecular weight is 258 g/mol. The molecule has 17 heavy (non-hydrogen) atoms. The van der Waals surface area contributed by atoms with Crippen LogP contribution in [-0.4, -0.2) is 47.3 Å². The molecule has 1 saturated heterocycles. The summed E-state index contributed by atoms with van der Waals surface area (Å²) in [6.07, 6.45) is 3.95. The van der Waals surface area contributed by atoms with Gasteiger partial charge in [-0.1, -0.05) is 0 Å². The van der Waals surface area contributed by atoms with Crippen molar-refractivity contribution in [1.82, 2.24) is 20.1 Å². The molecule has 0 aliphatic carbocycles. The van der Waals surface area contributed by atoms with Gasteiger partial charge in [0.05, 0.1) is 11.5 Å². The summed E-state index contributed by atoms with van der Waals surface area (Å²) < 4.78 is 24.4. The molecule has 0 spiro atoms. The Morgan fingerprint density at radius 3 is 2.76 bits per heavy atom. The van der Waals surface area contributed by atoms with E-state index in [9.17, 15) is 8.42 Å². The van der Waals surface area contributed by atoms with E-state index >= 15 is 0 Å².